The number of rotatable bonds is 5. The minimum Gasteiger partial charge on any atom is -0.336 e. The van der Waals surface area contributed by atoms with E-state index >= 15 is 0 Å². The van der Waals surface area contributed by atoms with Gasteiger partial charge in [0.05, 0.1) is 6.33 Å². The van der Waals surface area contributed by atoms with Gasteiger partial charge in [-0.25, -0.2) is 13.8 Å². The Kier molecular flexibility index (Phi) is 4.04. The lowest BCUT2D eigenvalue weighted by Gasteiger charge is -2.14. The van der Waals surface area contributed by atoms with E-state index in [9.17, 15) is 8.78 Å². The molecule has 0 saturated heterocycles. The van der Waals surface area contributed by atoms with Crippen molar-refractivity contribution >= 4 is 0 Å². The smallest absolute Gasteiger partial charge is 0.126 e. The van der Waals surface area contributed by atoms with Crippen LogP contribution in [0, 0.1) is 11.6 Å². The number of imidazole rings is 1. The van der Waals surface area contributed by atoms with Gasteiger partial charge in [-0.3, -0.25) is 0 Å². The zero-order valence-electron chi connectivity index (χ0n) is 10.1. The van der Waals surface area contributed by atoms with Gasteiger partial charge >= 0.3 is 0 Å². The van der Waals surface area contributed by atoms with Gasteiger partial charge in [0.15, 0.2) is 0 Å². The topological polar surface area (TPSA) is 29.9 Å². The molecule has 18 heavy (non-hydrogen) atoms. The van der Waals surface area contributed by atoms with E-state index in [1.165, 1.54) is 12.1 Å². The average Bonchev–Trinajstić information content (AvgIpc) is 2.80. The summed E-state index contributed by atoms with van der Waals surface area (Å²) in [6.07, 6.45) is 5.31. The third-order valence-corrected chi connectivity index (χ3v) is 2.76. The molecular formula is C13H15F2N3. The second-order valence-electron chi connectivity index (χ2n) is 4.18. The van der Waals surface area contributed by atoms with Crippen molar-refractivity contribution in [2.75, 3.05) is 6.54 Å². The molecule has 96 valence electrons. The molecule has 1 atom stereocenters. The lowest BCUT2D eigenvalue weighted by molar-refractivity contribution is 0.519. The van der Waals surface area contributed by atoms with E-state index in [4.69, 9.17) is 0 Å². The molecule has 5 heteroatoms. The molecule has 1 unspecified atom stereocenters. The summed E-state index contributed by atoms with van der Waals surface area (Å²) in [7, 11) is 0. The Balaban J connectivity index is 1.89. The van der Waals surface area contributed by atoms with E-state index < -0.39 is 11.6 Å². The number of benzene rings is 1. The fourth-order valence-electron chi connectivity index (χ4n) is 1.77. The predicted octanol–water partition coefficient (Wildman–Crippen LogP) is 2.51. The van der Waals surface area contributed by atoms with Gasteiger partial charge in [-0.1, -0.05) is 0 Å². The highest BCUT2D eigenvalue weighted by Gasteiger charge is 2.07. The lowest BCUT2D eigenvalue weighted by atomic mass is 10.1. The number of halogens is 2. The molecule has 1 heterocycles. The quantitative estimate of drug-likeness (QED) is 0.885. The third kappa shape index (κ3) is 3.37. The highest BCUT2D eigenvalue weighted by atomic mass is 19.1. The Hall–Kier alpha value is -1.75. The standard InChI is InChI=1S/C13H15F2N3/c1-10(11-6-12(14)8-13(15)7-11)17-3-5-18-4-2-16-9-18/h2,4,6-10,17H,3,5H2,1H3. The molecule has 0 fully saturated rings. The molecule has 1 N–H and O–H groups in total. The van der Waals surface area contributed by atoms with Crippen molar-refractivity contribution in [2.45, 2.75) is 19.5 Å². The van der Waals surface area contributed by atoms with Crippen molar-refractivity contribution in [3.05, 3.63) is 54.1 Å². The van der Waals surface area contributed by atoms with E-state index in [0.717, 1.165) is 12.6 Å². The molecule has 0 aliphatic carbocycles. The van der Waals surface area contributed by atoms with Crippen LogP contribution in [0.5, 0.6) is 0 Å². The van der Waals surface area contributed by atoms with Gasteiger partial charge in [0.25, 0.3) is 0 Å². The van der Waals surface area contributed by atoms with Crippen molar-refractivity contribution in [2.24, 2.45) is 0 Å². The SMILES string of the molecule is CC(NCCn1ccnc1)c1cc(F)cc(F)c1. The summed E-state index contributed by atoms with van der Waals surface area (Å²) in [5.74, 6) is -1.10. The highest BCUT2D eigenvalue weighted by molar-refractivity contribution is 5.20. The van der Waals surface area contributed by atoms with Gasteiger partial charge in [-0.2, -0.15) is 0 Å². The number of nitrogens with zero attached hydrogens (tertiary/aromatic N) is 2. The summed E-state index contributed by atoms with van der Waals surface area (Å²) < 4.78 is 28.0. The number of aromatic nitrogens is 2. The first-order chi connectivity index (χ1) is 8.65. The van der Waals surface area contributed by atoms with Crippen LogP contribution < -0.4 is 5.32 Å². The van der Waals surface area contributed by atoms with Gasteiger partial charge in [-0.05, 0) is 24.6 Å². The molecule has 2 rings (SSSR count). The second-order valence-corrected chi connectivity index (χ2v) is 4.18. The zero-order chi connectivity index (χ0) is 13.0. The van der Waals surface area contributed by atoms with Gasteiger partial charge in [0.2, 0.25) is 0 Å². The van der Waals surface area contributed by atoms with E-state index in [1.54, 1.807) is 12.5 Å². The third-order valence-electron chi connectivity index (χ3n) is 2.76. The van der Waals surface area contributed by atoms with Crippen LogP contribution in [-0.2, 0) is 6.54 Å². The van der Waals surface area contributed by atoms with Crippen LogP contribution in [0.1, 0.15) is 18.5 Å². The molecule has 0 amide bonds. The summed E-state index contributed by atoms with van der Waals surface area (Å²) in [4.78, 5) is 3.94. The Morgan fingerprint density at radius 3 is 2.61 bits per heavy atom. The van der Waals surface area contributed by atoms with Gasteiger partial charge in [0, 0.05) is 37.6 Å². The number of hydrogen-bond acceptors (Lipinski definition) is 2. The van der Waals surface area contributed by atoms with E-state index in [-0.39, 0.29) is 6.04 Å². The molecule has 0 bridgehead atoms. The normalized spacial score (nSPS) is 12.6. The van der Waals surface area contributed by atoms with Crippen LogP contribution in [-0.4, -0.2) is 16.1 Å². The van der Waals surface area contributed by atoms with Crippen LogP contribution in [0.2, 0.25) is 0 Å². The fraction of sp³-hybridized carbons (Fsp3) is 0.308. The lowest BCUT2D eigenvalue weighted by Crippen LogP contribution is -2.23. The van der Waals surface area contributed by atoms with Crippen LogP contribution in [0.3, 0.4) is 0 Å². The van der Waals surface area contributed by atoms with Gasteiger partial charge < -0.3 is 9.88 Å². The molecule has 1 aromatic heterocycles. The van der Waals surface area contributed by atoms with Crippen LogP contribution >= 0.6 is 0 Å². The summed E-state index contributed by atoms with van der Waals surface area (Å²) in [5.41, 5.74) is 0.609. The Morgan fingerprint density at radius 2 is 2.00 bits per heavy atom. The molecule has 0 aliphatic rings. The summed E-state index contributed by atoms with van der Waals surface area (Å²) in [5, 5.41) is 3.21. The monoisotopic (exact) mass is 251 g/mol. The van der Waals surface area contributed by atoms with E-state index in [1.807, 2.05) is 17.7 Å². The maximum Gasteiger partial charge on any atom is 0.126 e. The molecular weight excluding hydrogens is 236 g/mol. The van der Waals surface area contributed by atoms with Crippen LogP contribution in [0.4, 0.5) is 8.78 Å². The van der Waals surface area contributed by atoms with Crippen LogP contribution in [0.15, 0.2) is 36.9 Å². The molecule has 1 aromatic carbocycles. The van der Waals surface area contributed by atoms with Gasteiger partial charge in [-0.15, -0.1) is 0 Å². The first kappa shape index (κ1) is 12.7. The Labute approximate surface area is 104 Å². The number of nitrogens with one attached hydrogen (secondary N) is 1. The molecule has 0 saturated carbocycles. The molecule has 0 aliphatic heterocycles. The largest absolute Gasteiger partial charge is 0.336 e. The first-order valence-corrected chi connectivity index (χ1v) is 5.80. The molecule has 0 spiro atoms. The van der Waals surface area contributed by atoms with Crippen molar-refractivity contribution in [3.63, 3.8) is 0 Å². The van der Waals surface area contributed by atoms with E-state index in [2.05, 4.69) is 10.3 Å². The molecule has 0 radical (unpaired) electrons. The summed E-state index contributed by atoms with van der Waals surface area (Å²) in [6, 6.07) is 3.47. The minimum atomic E-state index is -0.548. The van der Waals surface area contributed by atoms with E-state index in [0.29, 0.717) is 12.1 Å². The van der Waals surface area contributed by atoms with Crippen molar-refractivity contribution in [1.29, 1.82) is 0 Å². The zero-order valence-corrected chi connectivity index (χ0v) is 10.1. The maximum atomic E-state index is 13.1. The number of hydrogen-bond donors (Lipinski definition) is 1. The fourth-order valence-corrected chi connectivity index (χ4v) is 1.77. The summed E-state index contributed by atoms with van der Waals surface area (Å²) in [6.45, 7) is 3.35. The molecule has 3 nitrogen and oxygen atoms in total. The van der Waals surface area contributed by atoms with Crippen molar-refractivity contribution in [1.82, 2.24) is 14.9 Å². The Morgan fingerprint density at radius 1 is 1.28 bits per heavy atom. The summed E-state index contributed by atoms with van der Waals surface area (Å²) >= 11 is 0. The second kappa shape index (κ2) is 5.73. The molecule has 2 aromatic rings. The first-order valence-electron chi connectivity index (χ1n) is 5.80. The van der Waals surface area contributed by atoms with Crippen LogP contribution in [0.25, 0.3) is 0 Å². The maximum absolute atomic E-state index is 13.1. The van der Waals surface area contributed by atoms with Gasteiger partial charge in [0.1, 0.15) is 11.6 Å². The predicted molar refractivity (Wildman–Crippen MR) is 65.0 cm³/mol. The average molecular weight is 251 g/mol. The minimum absolute atomic E-state index is 0.0984. The highest BCUT2D eigenvalue weighted by Crippen LogP contribution is 2.15. The van der Waals surface area contributed by atoms with Crippen molar-refractivity contribution < 1.29 is 8.78 Å². The van der Waals surface area contributed by atoms with Crippen molar-refractivity contribution in [3.8, 4) is 0 Å². The Bertz CT molecular complexity index is 477.